The van der Waals surface area contributed by atoms with Crippen molar-refractivity contribution in [2.75, 3.05) is 9.21 Å². The van der Waals surface area contributed by atoms with Crippen molar-refractivity contribution in [3.05, 3.63) is 96.6 Å². The molecule has 33 heavy (non-hydrogen) atoms. The van der Waals surface area contributed by atoms with Crippen LogP contribution in [0.25, 0.3) is 5.57 Å². The molecule has 3 aromatic carbocycles. The van der Waals surface area contributed by atoms with E-state index in [2.05, 4.69) is 0 Å². The average Bonchev–Trinajstić information content (AvgIpc) is 3.32. The molecule has 0 aromatic heterocycles. The number of hydrogen-bond donors (Lipinski definition) is 0. The highest BCUT2D eigenvalue weighted by molar-refractivity contribution is 7.93. The van der Waals surface area contributed by atoms with Gasteiger partial charge in [0.25, 0.3) is 10.0 Å². The lowest BCUT2D eigenvalue weighted by Gasteiger charge is -2.34. The summed E-state index contributed by atoms with van der Waals surface area (Å²) >= 11 is 0. The van der Waals surface area contributed by atoms with Crippen LogP contribution in [0.4, 0.5) is 11.4 Å². The predicted molar refractivity (Wildman–Crippen MR) is 125 cm³/mol. The van der Waals surface area contributed by atoms with Crippen molar-refractivity contribution in [1.29, 1.82) is 0 Å². The first-order valence-corrected chi connectivity index (χ1v) is 12.3. The second-order valence-electron chi connectivity index (χ2n) is 8.45. The van der Waals surface area contributed by atoms with Crippen molar-refractivity contribution >= 4 is 38.8 Å². The van der Waals surface area contributed by atoms with Gasteiger partial charge in [0.05, 0.1) is 34.1 Å². The number of carbonyl (C=O) groups excluding carboxylic acids is 2. The van der Waals surface area contributed by atoms with Crippen LogP contribution in [-0.4, -0.2) is 26.3 Å². The highest BCUT2D eigenvalue weighted by Gasteiger charge is 2.59. The molecule has 0 spiro atoms. The van der Waals surface area contributed by atoms with E-state index in [1.165, 1.54) is 9.21 Å². The Bertz CT molecular complexity index is 1420. The van der Waals surface area contributed by atoms with Gasteiger partial charge in [0.2, 0.25) is 11.8 Å². The molecule has 1 saturated heterocycles. The smallest absolute Gasteiger partial charge is 0.264 e. The maximum Gasteiger partial charge on any atom is 0.264 e. The number of carbonyl (C=O) groups is 2. The standard InChI is InChI=1S/C26H20N2O4S/c29-25-21-16-15-20-19-13-7-8-14-22(19)28(33(31,32)18-11-5-2-6-12-18)24(20)23(21)26(30)27(25)17-9-3-1-4-10-17/h1-15,21,23-24H,16H2/t21-,23-,24+/m0/s1. The average molecular weight is 457 g/mol. The molecular weight excluding hydrogens is 436 g/mol. The Hall–Kier alpha value is -3.71. The number of allylic oxidation sites excluding steroid dienone is 1. The minimum Gasteiger partial charge on any atom is -0.274 e. The van der Waals surface area contributed by atoms with E-state index >= 15 is 0 Å². The zero-order valence-corrected chi connectivity index (χ0v) is 18.4. The number of hydrogen-bond acceptors (Lipinski definition) is 4. The number of sulfonamides is 1. The van der Waals surface area contributed by atoms with Crippen LogP contribution in [0, 0.1) is 11.8 Å². The van der Waals surface area contributed by atoms with Gasteiger partial charge < -0.3 is 0 Å². The number of nitrogens with zero attached hydrogens (tertiary/aromatic N) is 2. The molecule has 2 aliphatic heterocycles. The lowest BCUT2D eigenvalue weighted by molar-refractivity contribution is -0.122. The number of benzene rings is 3. The zero-order valence-electron chi connectivity index (χ0n) is 17.5. The number of para-hydroxylation sites is 2. The third-order valence-corrected chi connectivity index (χ3v) is 8.56. The lowest BCUT2D eigenvalue weighted by atomic mass is 9.77. The van der Waals surface area contributed by atoms with Gasteiger partial charge in [-0.2, -0.15) is 0 Å². The van der Waals surface area contributed by atoms with E-state index in [-0.39, 0.29) is 16.7 Å². The van der Waals surface area contributed by atoms with Gasteiger partial charge in [0, 0.05) is 5.56 Å². The minimum atomic E-state index is -3.97. The first kappa shape index (κ1) is 19.9. The first-order chi connectivity index (χ1) is 16.0. The molecule has 0 saturated carbocycles. The Morgan fingerprint density at radius 3 is 2.12 bits per heavy atom. The van der Waals surface area contributed by atoms with Crippen LogP contribution >= 0.6 is 0 Å². The van der Waals surface area contributed by atoms with E-state index in [0.717, 1.165) is 11.1 Å². The summed E-state index contributed by atoms with van der Waals surface area (Å²) in [6, 6.07) is 23.6. The summed E-state index contributed by atoms with van der Waals surface area (Å²) in [4.78, 5) is 28.4. The van der Waals surface area contributed by atoms with Gasteiger partial charge >= 0.3 is 0 Å². The molecule has 2 heterocycles. The summed E-state index contributed by atoms with van der Waals surface area (Å²) in [5.41, 5.74) is 2.63. The molecule has 164 valence electrons. The Kier molecular flexibility index (Phi) is 4.32. The van der Waals surface area contributed by atoms with Crippen LogP contribution < -0.4 is 9.21 Å². The SMILES string of the molecule is O=C1[C@H]2[C@H](CC=C3c4ccccc4N(S(=O)(=O)c4ccccc4)[C@H]32)C(=O)N1c1ccccc1. The molecule has 0 radical (unpaired) electrons. The highest BCUT2D eigenvalue weighted by Crippen LogP contribution is 2.53. The van der Waals surface area contributed by atoms with Gasteiger partial charge in [-0.1, -0.05) is 60.7 Å². The number of amides is 2. The van der Waals surface area contributed by atoms with Crippen molar-refractivity contribution in [3.63, 3.8) is 0 Å². The number of anilines is 2. The Morgan fingerprint density at radius 1 is 0.758 bits per heavy atom. The largest absolute Gasteiger partial charge is 0.274 e. The fraction of sp³-hybridized carbons (Fsp3) is 0.154. The third-order valence-electron chi connectivity index (χ3n) is 6.75. The summed E-state index contributed by atoms with van der Waals surface area (Å²) in [7, 11) is -3.97. The summed E-state index contributed by atoms with van der Waals surface area (Å²) < 4.78 is 29.1. The zero-order chi connectivity index (χ0) is 22.7. The van der Waals surface area contributed by atoms with Crippen LogP contribution in [0.1, 0.15) is 12.0 Å². The molecule has 7 heteroatoms. The van der Waals surface area contributed by atoms with E-state index in [4.69, 9.17) is 0 Å². The van der Waals surface area contributed by atoms with Crippen LogP contribution in [0.3, 0.4) is 0 Å². The molecule has 0 bridgehead atoms. The molecule has 3 atom stereocenters. The molecule has 6 rings (SSSR count). The fourth-order valence-corrected chi connectivity index (χ4v) is 7.03. The van der Waals surface area contributed by atoms with E-state index in [0.29, 0.717) is 17.8 Å². The highest BCUT2D eigenvalue weighted by atomic mass is 32.2. The van der Waals surface area contributed by atoms with Crippen LogP contribution in [0.2, 0.25) is 0 Å². The second kappa shape index (κ2) is 7.15. The first-order valence-electron chi connectivity index (χ1n) is 10.8. The maximum atomic E-state index is 13.9. The van der Waals surface area contributed by atoms with Crippen molar-refractivity contribution in [2.45, 2.75) is 17.4 Å². The summed E-state index contributed by atoms with van der Waals surface area (Å²) in [6.45, 7) is 0. The monoisotopic (exact) mass is 456 g/mol. The van der Waals surface area contributed by atoms with E-state index < -0.39 is 27.9 Å². The van der Waals surface area contributed by atoms with Gasteiger partial charge in [0.1, 0.15) is 0 Å². The lowest BCUT2D eigenvalue weighted by Crippen LogP contribution is -2.47. The van der Waals surface area contributed by atoms with E-state index in [9.17, 15) is 18.0 Å². The topological polar surface area (TPSA) is 74.8 Å². The molecule has 0 unspecified atom stereocenters. The molecular formula is C26H20N2O4S. The summed E-state index contributed by atoms with van der Waals surface area (Å²) in [5, 5.41) is 0. The molecule has 1 aliphatic carbocycles. The Balaban J connectivity index is 1.52. The minimum absolute atomic E-state index is 0.153. The molecule has 3 aromatic rings. The van der Waals surface area contributed by atoms with Gasteiger partial charge in [0.15, 0.2) is 0 Å². The van der Waals surface area contributed by atoms with Crippen molar-refractivity contribution in [1.82, 2.24) is 0 Å². The van der Waals surface area contributed by atoms with E-state index in [1.54, 1.807) is 66.7 Å². The van der Waals surface area contributed by atoms with E-state index in [1.807, 2.05) is 24.3 Å². The number of fused-ring (bicyclic) bond motifs is 5. The Morgan fingerprint density at radius 2 is 1.39 bits per heavy atom. The molecule has 3 aliphatic rings. The van der Waals surface area contributed by atoms with Gasteiger partial charge in [-0.3, -0.25) is 13.9 Å². The van der Waals surface area contributed by atoms with Crippen molar-refractivity contribution in [3.8, 4) is 0 Å². The molecule has 6 nitrogen and oxygen atoms in total. The molecule has 0 N–H and O–H groups in total. The van der Waals surface area contributed by atoms with Crippen LogP contribution in [0.15, 0.2) is 95.9 Å². The second-order valence-corrected chi connectivity index (χ2v) is 10.3. The Labute approximate surface area is 191 Å². The third kappa shape index (κ3) is 2.75. The summed E-state index contributed by atoms with van der Waals surface area (Å²) in [5.74, 6) is -2.02. The van der Waals surface area contributed by atoms with Crippen molar-refractivity contribution in [2.24, 2.45) is 11.8 Å². The van der Waals surface area contributed by atoms with Gasteiger partial charge in [-0.05, 0) is 42.3 Å². The number of imide groups is 1. The summed E-state index contributed by atoms with van der Waals surface area (Å²) in [6.07, 6.45) is 2.34. The van der Waals surface area contributed by atoms with Crippen LogP contribution in [-0.2, 0) is 19.6 Å². The normalized spacial score (nSPS) is 23.8. The number of rotatable bonds is 3. The predicted octanol–water partition coefficient (Wildman–Crippen LogP) is 3.86. The van der Waals surface area contributed by atoms with Crippen molar-refractivity contribution < 1.29 is 18.0 Å². The quantitative estimate of drug-likeness (QED) is 0.561. The van der Waals surface area contributed by atoms with Crippen LogP contribution in [0.5, 0.6) is 0 Å². The molecule has 2 amide bonds. The maximum absolute atomic E-state index is 13.9. The van der Waals surface area contributed by atoms with Gasteiger partial charge in [-0.25, -0.2) is 13.3 Å². The fourth-order valence-electron chi connectivity index (χ4n) is 5.34. The molecule has 1 fully saturated rings. The van der Waals surface area contributed by atoms with Gasteiger partial charge in [-0.15, -0.1) is 0 Å².